The molecule has 0 bridgehead atoms. The van der Waals surface area contributed by atoms with E-state index in [-0.39, 0.29) is 5.11 Å². The maximum atomic E-state index is 5.41. The lowest BCUT2D eigenvalue weighted by atomic mass is 10.1. The summed E-state index contributed by atoms with van der Waals surface area (Å²) in [4.78, 5) is 0. The number of nitrogens with one attached hydrogen (secondary N) is 1. The van der Waals surface area contributed by atoms with Gasteiger partial charge in [-0.2, -0.15) is 0 Å². The zero-order valence-corrected chi connectivity index (χ0v) is 11.6. The molecule has 76 valence electrons. The quantitative estimate of drug-likeness (QED) is 0.812. The first-order valence-corrected chi connectivity index (χ1v) is 6.08. The number of halogens is 2. The lowest BCUT2D eigenvalue weighted by Crippen LogP contribution is -2.19. The third kappa shape index (κ3) is 2.93. The Morgan fingerprint density at radius 2 is 1.93 bits per heavy atom. The molecule has 3 N–H and O–H groups in total. The minimum atomic E-state index is 0.260. The van der Waals surface area contributed by atoms with E-state index in [0.717, 1.165) is 21.1 Å². The van der Waals surface area contributed by atoms with Crippen LogP contribution in [0, 0.1) is 0 Å². The van der Waals surface area contributed by atoms with Gasteiger partial charge >= 0.3 is 0 Å². The molecule has 14 heavy (non-hydrogen) atoms. The van der Waals surface area contributed by atoms with E-state index in [2.05, 4.69) is 44.1 Å². The van der Waals surface area contributed by atoms with Crippen molar-refractivity contribution in [2.75, 3.05) is 5.32 Å². The van der Waals surface area contributed by atoms with Crippen molar-refractivity contribution in [3.63, 3.8) is 0 Å². The van der Waals surface area contributed by atoms with Gasteiger partial charge in [0.15, 0.2) is 5.11 Å². The Labute approximate surface area is 106 Å². The van der Waals surface area contributed by atoms with Crippen LogP contribution in [0.4, 0.5) is 5.69 Å². The molecule has 0 atom stereocenters. The number of thiocarbonyl (C=S) groups is 1. The Hall–Kier alpha value is -0.130. The Kier molecular flexibility index (Phi) is 4.34. The fraction of sp³-hybridized carbons (Fsp3) is 0.222. The van der Waals surface area contributed by atoms with Crippen LogP contribution in [-0.4, -0.2) is 5.11 Å². The van der Waals surface area contributed by atoms with Gasteiger partial charge in [-0.15, -0.1) is 0 Å². The van der Waals surface area contributed by atoms with Crippen LogP contribution >= 0.6 is 44.1 Å². The Morgan fingerprint density at radius 3 is 2.29 bits per heavy atom. The molecular weight excluding hydrogens is 328 g/mol. The number of hydrogen-bond acceptors (Lipinski definition) is 1. The number of benzene rings is 1. The van der Waals surface area contributed by atoms with Gasteiger partial charge in [-0.3, -0.25) is 0 Å². The maximum absolute atomic E-state index is 5.41. The summed E-state index contributed by atoms with van der Waals surface area (Å²) in [7, 11) is 0. The summed E-state index contributed by atoms with van der Waals surface area (Å²) >= 11 is 11.7. The highest BCUT2D eigenvalue weighted by molar-refractivity contribution is 9.11. The van der Waals surface area contributed by atoms with E-state index in [4.69, 9.17) is 18.0 Å². The van der Waals surface area contributed by atoms with E-state index >= 15 is 0 Å². The second-order valence-corrected chi connectivity index (χ2v) is 4.93. The largest absolute Gasteiger partial charge is 0.376 e. The molecule has 0 amide bonds. The fourth-order valence-electron chi connectivity index (χ4n) is 1.07. The second-order valence-electron chi connectivity index (χ2n) is 2.78. The van der Waals surface area contributed by atoms with Gasteiger partial charge in [0.25, 0.3) is 0 Å². The SMILES string of the molecule is CCc1cc(Br)c(NC(N)=S)c(Br)c1. The third-order valence-electron chi connectivity index (χ3n) is 1.76. The molecule has 0 radical (unpaired) electrons. The van der Waals surface area contributed by atoms with Crippen LogP contribution in [0.25, 0.3) is 0 Å². The maximum Gasteiger partial charge on any atom is 0.168 e. The van der Waals surface area contributed by atoms with Crippen molar-refractivity contribution in [1.29, 1.82) is 0 Å². The first-order chi connectivity index (χ1) is 6.54. The standard InChI is InChI=1S/C9H10Br2N2S/c1-2-5-3-6(10)8(7(11)4-5)13-9(12)14/h3-4H,2H2,1H3,(H3,12,13,14). The predicted octanol–water partition coefficient (Wildman–Crippen LogP) is 3.43. The van der Waals surface area contributed by atoms with Gasteiger partial charge in [-0.1, -0.05) is 6.92 Å². The first-order valence-electron chi connectivity index (χ1n) is 4.09. The monoisotopic (exact) mass is 336 g/mol. The highest BCUT2D eigenvalue weighted by Crippen LogP contribution is 2.32. The van der Waals surface area contributed by atoms with E-state index in [0.29, 0.717) is 0 Å². The molecule has 0 aromatic heterocycles. The topological polar surface area (TPSA) is 38.0 Å². The van der Waals surface area contributed by atoms with Crippen molar-refractivity contribution in [2.24, 2.45) is 5.73 Å². The van der Waals surface area contributed by atoms with Gasteiger partial charge in [-0.25, -0.2) is 0 Å². The molecule has 0 aliphatic heterocycles. The lowest BCUT2D eigenvalue weighted by Gasteiger charge is -2.10. The van der Waals surface area contributed by atoms with E-state index in [9.17, 15) is 0 Å². The average Bonchev–Trinajstić information content (AvgIpc) is 2.10. The van der Waals surface area contributed by atoms with Crippen molar-refractivity contribution in [3.05, 3.63) is 26.6 Å². The van der Waals surface area contributed by atoms with Crippen LogP contribution in [-0.2, 0) is 6.42 Å². The molecule has 5 heteroatoms. The average molecular weight is 338 g/mol. The molecule has 0 saturated carbocycles. The Morgan fingerprint density at radius 1 is 1.43 bits per heavy atom. The summed E-state index contributed by atoms with van der Waals surface area (Å²) in [6.45, 7) is 2.11. The molecule has 1 aromatic carbocycles. The van der Waals surface area contributed by atoms with Crippen LogP contribution < -0.4 is 11.1 Å². The molecule has 0 saturated heterocycles. The predicted molar refractivity (Wildman–Crippen MR) is 71.6 cm³/mol. The van der Waals surface area contributed by atoms with Crippen molar-refractivity contribution in [3.8, 4) is 0 Å². The van der Waals surface area contributed by atoms with Crippen molar-refractivity contribution in [2.45, 2.75) is 13.3 Å². The molecule has 0 heterocycles. The van der Waals surface area contributed by atoms with Crippen LogP contribution in [0.5, 0.6) is 0 Å². The fourth-order valence-corrected chi connectivity index (χ4v) is 2.65. The van der Waals surface area contributed by atoms with Gasteiger partial charge < -0.3 is 11.1 Å². The van der Waals surface area contributed by atoms with Crippen LogP contribution in [0.2, 0.25) is 0 Å². The summed E-state index contributed by atoms with van der Waals surface area (Å²) in [6, 6.07) is 4.09. The zero-order valence-electron chi connectivity index (χ0n) is 7.60. The molecule has 0 aliphatic rings. The van der Waals surface area contributed by atoms with Crippen molar-refractivity contribution >= 4 is 54.9 Å². The molecular formula is C9H10Br2N2S. The van der Waals surface area contributed by atoms with E-state index in [1.807, 2.05) is 12.1 Å². The van der Waals surface area contributed by atoms with Gasteiger partial charge in [-0.05, 0) is 68.2 Å². The number of nitrogens with two attached hydrogens (primary N) is 1. The van der Waals surface area contributed by atoms with Gasteiger partial charge in [0, 0.05) is 8.95 Å². The highest BCUT2D eigenvalue weighted by Gasteiger charge is 2.06. The number of aryl methyl sites for hydroxylation is 1. The summed E-state index contributed by atoms with van der Waals surface area (Å²) < 4.78 is 1.91. The molecule has 0 fully saturated rings. The van der Waals surface area contributed by atoms with Crippen LogP contribution in [0.3, 0.4) is 0 Å². The highest BCUT2D eigenvalue weighted by atomic mass is 79.9. The summed E-state index contributed by atoms with van der Waals surface area (Å²) in [6.07, 6.45) is 0.991. The number of hydrogen-bond donors (Lipinski definition) is 2. The molecule has 0 unspecified atom stereocenters. The normalized spacial score (nSPS) is 9.93. The van der Waals surface area contributed by atoms with Gasteiger partial charge in [0.1, 0.15) is 0 Å². The minimum Gasteiger partial charge on any atom is -0.376 e. The lowest BCUT2D eigenvalue weighted by molar-refractivity contribution is 1.13. The Bertz CT molecular complexity index is 343. The minimum absolute atomic E-state index is 0.260. The Balaban J connectivity index is 3.11. The molecule has 0 aliphatic carbocycles. The van der Waals surface area contributed by atoms with Crippen LogP contribution in [0.1, 0.15) is 12.5 Å². The zero-order chi connectivity index (χ0) is 10.7. The summed E-state index contributed by atoms with van der Waals surface area (Å²) in [5, 5.41) is 3.17. The van der Waals surface area contributed by atoms with Crippen molar-refractivity contribution in [1.82, 2.24) is 0 Å². The van der Waals surface area contributed by atoms with E-state index in [1.165, 1.54) is 5.56 Å². The summed E-state index contributed by atoms with van der Waals surface area (Å²) in [5.74, 6) is 0. The smallest absolute Gasteiger partial charge is 0.168 e. The summed E-state index contributed by atoms with van der Waals surface area (Å²) in [5.41, 5.74) is 7.53. The van der Waals surface area contributed by atoms with E-state index in [1.54, 1.807) is 0 Å². The van der Waals surface area contributed by atoms with Gasteiger partial charge in [0.2, 0.25) is 0 Å². The molecule has 1 aromatic rings. The molecule has 2 nitrogen and oxygen atoms in total. The van der Waals surface area contributed by atoms with Crippen LogP contribution in [0.15, 0.2) is 21.1 Å². The molecule has 1 rings (SSSR count). The second kappa shape index (κ2) is 5.09. The third-order valence-corrected chi connectivity index (χ3v) is 3.11. The van der Waals surface area contributed by atoms with Crippen molar-refractivity contribution < 1.29 is 0 Å². The van der Waals surface area contributed by atoms with Gasteiger partial charge in [0.05, 0.1) is 5.69 Å². The number of anilines is 1. The number of rotatable bonds is 2. The van der Waals surface area contributed by atoms with E-state index < -0.39 is 0 Å². The first kappa shape index (κ1) is 11.9. The molecule has 0 spiro atoms.